The van der Waals surface area contributed by atoms with Crippen molar-refractivity contribution in [3.05, 3.63) is 29.3 Å². The Bertz CT molecular complexity index is 371. The summed E-state index contributed by atoms with van der Waals surface area (Å²) < 4.78 is 5.13. The van der Waals surface area contributed by atoms with Gasteiger partial charge in [-0.25, -0.2) is 4.79 Å². The Morgan fingerprint density at radius 1 is 1.59 bits per heavy atom. The molecule has 0 aliphatic carbocycles. The Morgan fingerprint density at radius 3 is 2.94 bits per heavy atom. The Labute approximate surface area is 110 Å². The van der Waals surface area contributed by atoms with Crippen LogP contribution in [0.1, 0.15) is 13.3 Å². The summed E-state index contributed by atoms with van der Waals surface area (Å²) >= 11 is 7.43. The van der Waals surface area contributed by atoms with Crippen LogP contribution in [0.4, 0.5) is 0 Å². The molecule has 0 heterocycles. The third-order valence-electron chi connectivity index (χ3n) is 2.09. The first-order valence-corrected chi connectivity index (χ1v) is 6.72. The molecule has 1 unspecified atom stereocenters. The SMILES string of the molecule is CCOC(CCSc1cccc(Cl)c1)C(=O)O. The van der Waals surface area contributed by atoms with Crippen molar-refractivity contribution in [3.63, 3.8) is 0 Å². The van der Waals surface area contributed by atoms with Crippen molar-refractivity contribution in [3.8, 4) is 0 Å². The van der Waals surface area contributed by atoms with E-state index in [2.05, 4.69) is 0 Å². The van der Waals surface area contributed by atoms with Crippen LogP contribution >= 0.6 is 23.4 Å². The van der Waals surface area contributed by atoms with Gasteiger partial charge in [0.25, 0.3) is 0 Å². The fraction of sp³-hybridized carbons (Fsp3) is 0.417. The highest BCUT2D eigenvalue weighted by molar-refractivity contribution is 7.99. The van der Waals surface area contributed by atoms with Gasteiger partial charge in [-0.15, -0.1) is 11.8 Å². The Hall–Kier alpha value is -0.710. The fourth-order valence-corrected chi connectivity index (χ4v) is 2.53. The Morgan fingerprint density at radius 2 is 2.35 bits per heavy atom. The topological polar surface area (TPSA) is 46.5 Å². The van der Waals surface area contributed by atoms with E-state index in [1.54, 1.807) is 18.7 Å². The maximum absolute atomic E-state index is 10.8. The molecule has 0 aliphatic rings. The highest BCUT2D eigenvalue weighted by atomic mass is 35.5. The summed E-state index contributed by atoms with van der Waals surface area (Å²) in [6, 6.07) is 7.50. The summed E-state index contributed by atoms with van der Waals surface area (Å²) in [5.41, 5.74) is 0. The van der Waals surface area contributed by atoms with E-state index in [1.807, 2.05) is 24.3 Å². The highest BCUT2D eigenvalue weighted by Gasteiger charge is 2.16. The zero-order chi connectivity index (χ0) is 12.7. The third kappa shape index (κ3) is 5.44. The average Bonchev–Trinajstić information content (AvgIpc) is 2.28. The lowest BCUT2D eigenvalue weighted by Crippen LogP contribution is -2.24. The van der Waals surface area contributed by atoms with Gasteiger partial charge in [-0.1, -0.05) is 17.7 Å². The molecule has 0 fully saturated rings. The number of thioether (sulfide) groups is 1. The van der Waals surface area contributed by atoms with E-state index < -0.39 is 12.1 Å². The molecular formula is C12H15ClO3S. The summed E-state index contributed by atoms with van der Waals surface area (Å²) in [4.78, 5) is 11.9. The van der Waals surface area contributed by atoms with Crippen LogP contribution in [-0.4, -0.2) is 29.5 Å². The Balaban J connectivity index is 2.38. The number of halogens is 1. The van der Waals surface area contributed by atoms with E-state index in [0.717, 1.165) is 4.90 Å². The summed E-state index contributed by atoms with van der Waals surface area (Å²) in [6.45, 7) is 2.21. The van der Waals surface area contributed by atoms with Gasteiger partial charge >= 0.3 is 5.97 Å². The van der Waals surface area contributed by atoms with E-state index in [1.165, 1.54) is 0 Å². The maximum atomic E-state index is 10.8. The van der Waals surface area contributed by atoms with Gasteiger partial charge < -0.3 is 9.84 Å². The van der Waals surface area contributed by atoms with Gasteiger partial charge in [-0.3, -0.25) is 0 Å². The van der Waals surface area contributed by atoms with E-state index >= 15 is 0 Å². The molecule has 94 valence electrons. The number of aliphatic carboxylic acids is 1. The van der Waals surface area contributed by atoms with Crippen LogP contribution in [0.5, 0.6) is 0 Å². The van der Waals surface area contributed by atoms with Gasteiger partial charge in [0.2, 0.25) is 0 Å². The average molecular weight is 275 g/mol. The molecule has 0 saturated heterocycles. The summed E-state index contributed by atoms with van der Waals surface area (Å²) in [6.07, 6.45) is -0.230. The predicted octanol–water partition coefficient (Wildman–Crippen LogP) is 3.31. The van der Waals surface area contributed by atoms with E-state index in [-0.39, 0.29) is 0 Å². The van der Waals surface area contributed by atoms with Crippen LogP contribution in [0.25, 0.3) is 0 Å². The van der Waals surface area contributed by atoms with Crippen LogP contribution in [0.2, 0.25) is 5.02 Å². The molecule has 3 nitrogen and oxygen atoms in total. The number of hydrogen-bond donors (Lipinski definition) is 1. The monoisotopic (exact) mass is 274 g/mol. The zero-order valence-electron chi connectivity index (χ0n) is 9.56. The van der Waals surface area contributed by atoms with Crippen molar-refractivity contribution in [1.29, 1.82) is 0 Å². The van der Waals surface area contributed by atoms with Crippen molar-refractivity contribution in [2.75, 3.05) is 12.4 Å². The number of hydrogen-bond acceptors (Lipinski definition) is 3. The van der Waals surface area contributed by atoms with E-state index in [0.29, 0.717) is 23.8 Å². The fourth-order valence-electron chi connectivity index (χ4n) is 1.32. The van der Waals surface area contributed by atoms with Crippen LogP contribution < -0.4 is 0 Å². The smallest absolute Gasteiger partial charge is 0.332 e. The zero-order valence-corrected chi connectivity index (χ0v) is 11.1. The van der Waals surface area contributed by atoms with Crippen LogP contribution in [0, 0.1) is 0 Å². The molecule has 0 radical (unpaired) electrons. The third-order valence-corrected chi connectivity index (χ3v) is 3.35. The van der Waals surface area contributed by atoms with Crippen LogP contribution in [0.15, 0.2) is 29.2 Å². The van der Waals surface area contributed by atoms with Crippen molar-refractivity contribution < 1.29 is 14.6 Å². The number of benzene rings is 1. The number of carboxylic acids is 1. The van der Waals surface area contributed by atoms with Gasteiger partial charge in [-0.2, -0.15) is 0 Å². The second-order valence-electron chi connectivity index (χ2n) is 3.38. The lowest BCUT2D eigenvalue weighted by atomic mass is 10.3. The molecule has 0 bridgehead atoms. The number of carboxylic acid groups (broad SMARTS) is 1. The summed E-state index contributed by atoms with van der Waals surface area (Å²) in [5.74, 6) is -0.212. The molecule has 0 amide bonds. The van der Waals surface area contributed by atoms with Crippen molar-refractivity contribution in [2.45, 2.75) is 24.3 Å². The molecule has 0 aromatic heterocycles. The highest BCUT2D eigenvalue weighted by Crippen LogP contribution is 2.22. The van der Waals surface area contributed by atoms with Gasteiger partial charge in [0.15, 0.2) is 6.10 Å². The molecule has 1 aromatic rings. The van der Waals surface area contributed by atoms with Gasteiger partial charge in [0.05, 0.1) is 0 Å². The van der Waals surface area contributed by atoms with Crippen molar-refractivity contribution >= 4 is 29.3 Å². The molecule has 5 heteroatoms. The molecule has 1 N–H and O–H groups in total. The number of ether oxygens (including phenoxy) is 1. The number of rotatable bonds is 7. The van der Waals surface area contributed by atoms with E-state index in [9.17, 15) is 4.79 Å². The molecule has 1 atom stereocenters. The van der Waals surface area contributed by atoms with Gasteiger partial charge in [0.1, 0.15) is 0 Å². The lowest BCUT2D eigenvalue weighted by molar-refractivity contribution is -0.150. The molecule has 17 heavy (non-hydrogen) atoms. The second kappa shape index (κ2) is 7.58. The first-order valence-electron chi connectivity index (χ1n) is 5.36. The quantitative estimate of drug-likeness (QED) is 0.775. The minimum atomic E-state index is -0.904. The van der Waals surface area contributed by atoms with E-state index in [4.69, 9.17) is 21.4 Å². The van der Waals surface area contributed by atoms with Crippen LogP contribution in [-0.2, 0) is 9.53 Å². The lowest BCUT2D eigenvalue weighted by Gasteiger charge is -2.11. The molecule has 1 aromatic carbocycles. The molecule has 1 rings (SSSR count). The normalized spacial score (nSPS) is 12.4. The predicted molar refractivity (Wildman–Crippen MR) is 69.8 cm³/mol. The first-order chi connectivity index (χ1) is 8.13. The van der Waals surface area contributed by atoms with Crippen LogP contribution in [0.3, 0.4) is 0 Å². The maximum Gasteiger partial charge on any atom is 0.332 e. The van der Waals surface area contributed by atoms with Crippen molar-refractivity contribution in [2.24, 2.45) is 0 Å². The molecule has 0 spiro atoms. The first kappa shape index (κ1) is 14.4. The standard InChI is InChI=1S/C12H15ClO3S/c1-2-16-11(12(14)15)6-7-17-10-5-3-4-9(13)8-10/h3-5,8,11H,2,6-7H2,1H3,(H,14,15). The molecular weight excluding hydrogens is 260 g/mol. The molecule has 0 aliphatic heterocycles. The Kier molecular flexibility index (Phi) is 6.40. The van der Waals surface area contributed by atoms with Gasteiger partial charge in [-0.05, 0) is 31.5 Å². The second-order valence-corrected chi connectivity index (χ2v) is 4.98. The summed E-state index contributed by atoms with van der Waals surface area (Å²) in [7, 11) is 0. The minimum Gasteiger partial charge on any atom is -0.479 e. The number of carbonyl (C=O) groups is 1. The molecule has 0 saturated carbocycles. The van der Waals surface area contributed by atoms with Gasteiger partial charge in [0, 0.05) is 22.3 Å². The minimum absolute atomic E-state index is 0.415. The largest absolute Gasteiger partial charge is 0.479 e. The van der Waals surface area contributed by atoms with Crippen molar-refractivity contribution in [1.82, 2.24) is 0 Å². The summed E-state index contributed by atoms with van der Waals surface area (Å²) in [5, 5.41) is 9.58.